The summed E-state index contributed by atoms with van der Waals surface area (Å²) in [7, 11) is 0. The summed E-state index contributed by atoms with van der Waals surface area (Å²) in [5.74, 6) is 1.29. The molecule has 1 N–H and O–H groups in total. The van der Waals surface area contributed by atoms with Gasteiger partial charge in [0, 0.05) is 5.39 Å². The Morgan fingerprint density at radius 2 is 2.19 bits per heavy atom. The fourth-order valence-corrected chi connectivity index (χ4v) is 3.82. The van der Waals surface area contributed by atoms with E-state index in [1.165, 1.54) is 25.3 Å². The first-order valence-corrected chi connectivity index (χ1v) is 7.93. The summed E-state index contributed by atoms with van der Waals surface area (Å²) in [5, 5.41) is 4.44. The minimum absolute atomic E-state index is 0.211. The predicted octanol–water partition coefficient (Wildman–Crippen LogP) is 5.05. The lowest BCUT2D eigenvalue weighted by Crippen LogP contribution is -2.33. The molecule has 2 atom stereocenters. The van der Waals surface area contributed by atoms with Gasteiger partial charge in [-0.2, -0.15) is 0 Å². The smallest absolute Gasteiger partial charge is 0.134 e. The largest absolute Gasteiger partial charge is 0.459 e. The summed E-state index contributed by atoms with van der Waals surface area (Å²) >= 11 is 0. The van der Waals surface area contributed by atoms with E-state index >= 15 is 0 Å². The second-order valence-corrected chi connectivity index (χ2v) is 6.85. The van der Waals surface area contributed by atoms with Crippen molar-refractivity contribution in [2.24, 2.45) is 11.3 Å². The molecule has 0 bridgehead atoms. The molecule has 0 aliphatic heterocycles. The number of fused-ring (bicyclic) bond motifs is 1. The molecule has 3 heteroatoms. The topological polar surface area (TPSA) is 25.2 Å². The van der Waals surface area contributed by atoms with Crippen molar-refractivity contribution >= 4 is 11.0 Å². The van der Waals surface area contributed by atoms with Gasteiger partial charge in [-0.1, -0.05) is 27.2 Å². The fourth-order valence-electron chi connectivity index (χ4n) is 3.82. The molecular formula is C18H24FNO. The minimum atomic E-state index is -0.212. The number of hydrogen-bond acceptors (Lipinski definition) is 2. The molecule has 114 valence electrons. The highest BCUT2D eigenvalue weighted by Gasteiger charge is 2.41. The number of benzene rings is 1. The van der Waals surface area contributed by atoms with Crippen LogP contribution in [0, 0.1) is 17.2 Å². The van der Waals surface area contributed by atoms with Crippen molar-refractivity contribution in [2.45, 2.75) is 46.1 Å². The van der Waals surface area contributed by atoms with Gasteiger partial charge in [0.1, 0.15) is 17.2 Å². The molecule has 1 heterocycles. The Kier molecular flexibility index (Phi) is 3.78. The van der Waals surface area contributed by atoms with Crippen LogP contribution in [0.15, 0.2) is 28.7 Å². The lowest BCUT2D eigenvalue weighted by atomic mass is 9.76. The van der Waals surface area contributed by atoms with Gasteiger partial charge >= 0.3 is 0 Å². The maximum Gasteiger partial charge on any atom is 0.134 e. The Morgan fingerprint density at radius 3 is 2.86 bits per heavy atom. The molecule has 1 saturated carbocycles. The van der Waals surface area contributed by atoms with Crippen LogP contribution >= 0.6 is 0 Å². The average molecular weight is 289 g/mol. The molecule has 1 aromatic carbocycles. The zero-order valence-electron chi connectivity index (χ0n) is 13.1. The first-order chi connectivity index (χ1) is 10.0. The molecule has 0 amide bonds. The van der Waals surface area contributed by atoms with Gasteiger partial charge in [0.15, 0.2) is 0 Å². The van der Waals surface area contributed by atoms with Crippen molar-refractivity contribution in [1.29, 1.82) is 0 Å². The monoisotopic (exact) mass is 289 g/mol. The second-order valence-electron chi connectivity index (χ2n) is 6.85. The number of nitrogens with one attached hydrogen (secondary N) is 1. The van der Waals surface area contributed by atoms with Crippen molar-refractivity contribution in [2.75, 3.05) is 6.54 Å². The van der Waals surface area contributed by atoms with E-state index in [0.717, 1.165) is 23.3 Å². The van der Waals surface area contributed by atoms with Gasteiger partial charge in [-0.15, -0.1) is 0 Å². The molecule has 1 aliphatic rings. The Bertz CT molecular complexity index is 631. The van der Waals surface area contributed by atoms with Gasteiger partial charge in [-0.25, -0.2) is 4.39 Å². The van der Waals surface area contributed by atoms with Crippen LogP contribution in [0.5, 0.6) is 0 Å². The molecule has 1 aliphatic carbocycles. The van der Waals surface area contributed by atoms with Crippen molar-refractivity contribution in [3.05, 3.63) is 35.8 Å². The zero-order valence-corrected chi connectivity index (χ0v) is 13.1. The number of halogens is 1. The Morgan fingerprint density at radius 1 is 1.38 bits per heavy atom. The Hall–Kier alpha value is -1.35. The summed E-state index contributed by atoms with van der Waals surface area (Å²) in [5.41, 5.74) is 1.09. The third-order valence-corrected chi connectivity index (χ3v) is 4.97. The van der Waals surface area contributed by atoms with Crippen LogP contribution in [-0.4, -0.2) is 6.54 Å². The molecule has 21 heavy (non-hydrogen) atoms. The van der Waals surface area contributed by atoms with Crippen molar-refractivity contribution in [1.82, 2.24) is 5.32 Å². The lowest BCUT2D eigenvalue weighted by Gasteiger charge is -2.33. The van der Waals surface area contributed by atoms with Crippen LogP contribution in [0.1, 0.15) is 51.8 Å². The quantitative estimate of drug-likeness (QED) is 0.852. The number of furan rings is 1. The maximum atomic E-state index is 13.4. The summed E-state index contributed by atoms with van der Waals surface area (Å²) in [6.07, 6.45) is 3.75. The van der Waals surface area contributed by atoms with Crippen LogP contribution in [0.4, 0.5) is 4.39 Å². The van der Waals surface area contributed by atoms with Crippen LogP contribution < -0.4 is 5.32 Å². The van der Waals surface area contributed by atoms with Crippen LogP contribution in [0.3, 0.4) is 0 Å². The van der Waals surface area contributed by atoms with Crippen LogP contribution in [0.2, 0.25) is 0 Å². The van der Waals surface area contributed by atoms with Gasteiger partial charge in [-0.3, -0.25) is 0 Å². The highest BCUT2D eigenvalue weighted by atomic mass is 19.1. The standard InChI is InChI=1S/C18H24FNO/c1-4-20-17(14-6-5-9-18(14,2)3)16-11-12-10-13(19)7-8-15(12)21-16/h7-8,10-11,14,17,20H,4-6,9H2,1-3H3. The van der Waals surface area contributed by atoms with Crippen molar-refractivity contribution < 1.29 is 8.81 Å². The highest BCUT2D eigenvalue weighted by Crippen LogP contribution is 2.49. The summed E-state index contributed by atoms with van der Waals surface area (Å²) in [6, 6.07) is 6.93. The normalized spacial score (nSPS) is 22.8. The minimum Gasteiger partial charge on any atom is -0.459 e. The van der Waals surface area contributed by atoms with Gasteiger partial charge in [0.05, 0.1) is 6.04 Å². The van der Waals surface area contributed by atoms with E-state index in [1.54, 1.807) is 12.1 Å². The third kappa shape index (κ3) is 2.71. The first-order valence-electron chi connectivity index (χ1n) is 7.93. The molecule has 2 unspecified atom stereocenters. The van der Waals surface area contributed by atoms with Crippen LogP contribution in [-0.2, 0) is 0 Å². The predicted molar refractivity (Wildman–Crippen MR) is 83.7 cm³/mol. The second kappa shape index (κ2) is 5.45. The highest BCUT2D eigenvalue weighted by molar-refractivity contribution is 5.78. The zero-order chi connectivity index (χ0) is 15.0. The third-order valence-electron chi connectivity index (χ3n) is 4.97. The Balaban J connectivity index is 1.99. The number of hydrogen-bond donors (Lipinski definition) is 1. The summed E-state index contributed by atoms with van der Waals surface area (Å²) in [6.45, 7) is 7.72. The molecule has 3 rings (SSSR count). The van der Waals surface area contributed by atoms with Crippen molar-refractivity contribution in [3.8, 4) is 0 Å². The van der Waals surface area contributed by atoms with E-state index < -0.39 is 0 Å². The SMILES string of the molecule is CCNC(c1cc2cc(F)ccc2o1)C1CCCC1(C)C. The Labute approximate surface area is 125 Å². The molecular weight excluding hydrogens is 265 g/mol. The van der Waals surface area contributed by atoms with Gasteiger partial charge in [-0.05, 0) is 55.0 Å². The fraction of sp³-hybridized carbons (Fsp3) is 0.556. The van der Waals surface area contributed by atoms with Gasteiger partial charge in [0.2, 0.25) is 0 Å². The van der Waals surface area contributed by atoms with E-state index in [4.69, 9.17) is 4.42 Å². The van der Waals surface area contributed by atoms with Gasteiger partial charge in [0.25, 0.3) is 0 Å². The molecule has 2 nitrogen and oxygen atoms in total. The first kappa shape index (κ1) is 14.6. The van der Waals surface area contributed by atoms with E-state index in [9.17, 15) is 4.39 Å². The lowest BCUT2D eigenvalue weighted by molar-refractivity contribution is 0.184. The van der Waals surface area contributed by atoms with E-state index in [-0.39, 0.29) is 11.9 Å². The number of rotatable bonds is 4. The van der Waals surface area contributed by atoms with E-state index in [1.807, 2.05) is 6.07 Å². The van der Waals surface area contributed by atoms with E-state index in [2.05, 4.69) is 26.1 Å². The summed E-state index contributed by atoms with van der Waals surface area (Å²) < 4.78 is 19.4. The molecule has 0 radical (unpaired) electrons. The summed E-state index contributed by atoms with van der Waals surface area (Å²) in [4.78, 5) is 0. The molecule has 0 saturated heterocycles. The molecule has 1 aromatic heterocycles. The van der Waals surface area contributed by atoms with Crippen molar-refractivity contribution in [3.63, 3.8) is 0 Å². The molecule has 0 spiro atoms. The molecule has 1 fully saturated rings. The van der Waals surface area contributed by atoms with E-state index in [0.29, 0.717) is 11.3 Å². The van der Waals surface area contributed by atoms with Crippen LogP contribution in [0.25, 0.3) is 11.0 Å². The average Bonchev–Trinajstić information content (AvgIpc) is 2.98. The maximum absolute atomic E-state index is 13.4. The molecule has 2 aromatic rings. The van der Waals surface area contributed by atoms with Gasteiger partial charge < -0.3 is 9.73 Å².